The molecule has 11 heteroatoms. The second-order valence-electron chi connectivity index (χ2n) is 12.5. The third kappa shape index (κ3) is 35.5. The summed E-state index contributed by atoms with van der Waals surface area (Å²) in [5, 5.41) is 20.5. The lowest BCUT2D eigenvalue weighted by molar-refractivity contribution is -0.161. The fraction of sp³-hybridized carbons (Fsp3) is 0.610. The molecule has 0 heterocycles. The molecule has 0 radical (unpaired) electrons. The smallest absolute Gasteiger partial charge is 0.462 e. The van der Waals surface area contributed by atoms with Crippen LogP contribution in [0.4, 0.5) is 0 Å². The van der Waals surface area contributed by atoms with Gasteiger partial charge in [0.05, 0.1) is 18.8 Å². The van der Waals surface area contributed by atoms with Gasteiger partial charge in [-0.05, 0) is 89.9 Å². The van der Waals surface area contributed by atoms with Gasteiger partial charge in [0.25, 0.3) is 0 Å². The van der Waals surface area contributed by atoms with Gasteiger partial charge in [0.15, 0.2) is 6.10 Å². The molecule has 0 spiro atoms. The summed E-state index contributed by atoms with van der Waals surface area (Å²) in [4.78, 5) is 42.8. The third-order valence-corrected chi connectivity index (χ3v) is 8.08. The maximum absolute atomic E-state index is 12.4. The molecule has 0 saturated heterocycles. The highest BCUT2D eigenvalue weighted by Crippen LogP contribution is 2.36. The lowest BCUT2D eigenvalue weighted by Gasteiger charge is -2.19. The molecule has 0 bridgehead atoms. The Bertz CT molecular complexity index is 1150. The van der Waals surface area contributed by atoms with Crippen LogP contribution in [0.5, 0.6) is 0 Å². The topological polar surface area (TPSA) is 160 Å². The molecule has 0 aliphatic carbocycles. The minimum atomic E-state index is -4.85. The quantitative estimate of drug-likeness (QED) is 0.0220. The van der Waals surface area contributed by atoms with Gasteiger partial charge in [-0.2, -0.15) is 0 Å². The van der Waals surface area contributed by atoms with Crippen molar-refractivity contribution in [3.8, 4) is 0 Å². The van der Waals surface area contributed by atoms with E-state index in [0.29, 0.717) is 12.8 Å². The predicted octanol–water partition coefficient (Wildman–Crippen LogP) is 9.23. The van der Waals surface area contributed by atoms with Gasteiger partial charge in [0.1, 0.15) is 6.61 Å². The molecular weight excluding hydrogens is 683 g/mol. The van der Waals surface area contributed by atoms with Gasteiger partial charge in [-0.15, -0.1) is 0 Å². The zero-order valence-electron chi connectivity index (χ0n) is 31.6. The number of esters is 2. The van der Waals surface area contributed by atoms with Crippen molar-refractivity contribution in [2.45, 2.75) is 148 Å². The molecule has 0 aromatic heterocycles. The SMILES string of the molecule is CC/C=C\C/C=C\C/C=C\C/C=C\C[C@@H](O)[C@H](O)CCCC(=O)O[C@H](COC(=O)CCCC/C=C\C/C=C\C/C=C\CCCCC)COP(=O)(O)O. The number of carbonyl (C=O) groups is 2. The molecule has 0 aromatic carbocycles. The van der Waals surface area contributed by atoms with E-state index in [1.54, 1.807) is 6.08 Å². The van der Waals surface area contributed by atoms with E-state index in [-0.39, 0.29) is 32.1 Å². The second-order valence-corrected chi connectivity index (χ2v) is 13.7. The molecule has 0 rings (SSSR count). The molecule has 3 atom stereocenters. The highest BCUT2D eigenvalue weighted by Gasteiger charge is 2.23. The van der Waals surface area contributed by atoms with Crippen LogP contribution in [0.1, 0.15) is 129 Å². The Labute approximate surface area is 313 Å². The first kappa shape index (κ1) is 49.1. The number of unbranched alkanes of at least 4 members (excludes halogenated alkanes) is 5. The Morgan fingerprint density at radius 3 is 1.63 bits per heavy atom. The average molecular weight is 751 g/mol. The van der Waals surface area contributed by atoms with Crippen LogP contribution in [-0.4, -0.2) is 63.5 Å². The van der Waals surface area contributed by atoms with Gasteiger partial charge < -0.3 is 29.5 Å². The number of phosphoric acid groups is 1. The third-order valence-electron chi connectivity index (χ3n) is 7.60. The highest BCUT2D eigenvalue weighted by molar-refractivity contribution is 7.46. The van der Waals surface area contributed by atoms with Crippen molar-refractivity contribution < 1.29 is 48.2 Å². The van der Waals surface area contributed by atoms with E-state index >= 15 is 0 Å². The number of rotatable bonds is 33. The van der Waals surface area contributed by atoms with Gasteiger partial charge in [0, 0.05) is 12.8 Å². The van der Waals surface area contributed by atoms with Gasteiger partial charge in [-0.3, -0.25) is 14.1 Å². The summed E-state index contributed by atoms with van der Waals surface area (Å²) >= 11 is 0. The summed E-state index contributed by atoms with van der Waals surface area (Å²) in [6.07, 6.45) is 39.1. The Balaban J connectivity index is 4.32. The summed E-state index contributed by atoms with van der Waals surface area (Å²) in [7, 11) is -4.85. The van der Waals surface area contributed by atoms with Crippen LogP contribution in [0.25, 0.3) is 0 Å². The van der Waals surface area contributed by atoms with E-state index in [9.17, 15) is 24.4 Å². The summed E-state index contributed by atoms with van der Waals surface area (Å²) in [6, 6.07) is 0. The molecule has 0 aromatic rings. The number of aliphatic hydroxyl groups excluding tert-OH is 2. The largest absolute Gasteiger partial charge is 0.469 e. The lowest BCUT2D eigenvalue weighted by atomic mass is 10.0. The molecule has 0 unspecified atom stereocenters. The van der Waals surface area contributed by atoms with Gasteiger partial charge in [-0.25, -0.2) is 4.57 Å². The summed E-state index contributed by atoms with van der Waals surface area (Å²) in [6.45, 7) is 3.23. The highest BCUT2D eigenvalue weighted by atomic mass is 31.2. The normalized spacial score (nSPS) is 14.7. The molecule has 0 aliphatic rings. The molecule has 296 valence electrons. The van der Waals surface area contributed by atoms with E-state index in [1.165, 1.54) is 19.3 Å². The van der Waals surface area contributed by atoms with E-state index in [0.717, 1.165) is 51.4 Å². The van der Waals surface area contributed by atoms with Crippen molar-refractivity contribution in [1.29, 1.82) is 0 Å². The molecule has 52 heavy (non-hydrogen) atoms. The van der Waals surface area contributed by atoms with Gasteiger partial charge in [0.2, 0.25) is 0 Å². The van der Waals surface area contributed by atoms with Crippen LogP contribution in [0.2, 0.25) is 0 Å². The van der Waals surface area contributed by atoms with E-state index in [2.05, 4.69) is 85.2 Å². The molecular formula is C41H67O10P. The number of hydrogen-bond donors (Lipinski definition) is 4. The zero-order valence-corrected chi connectivity index (χ0v) is 32.5. The van der Waals surface area contributed by atoms with Crippen LogP contribution >= 0.6 is 7.82 Å². The molecule has 0 saturated carbocycles. The van der Waals surface area contributed by atoms with E-state index in [4.69, 9.17) is 19.3 Å². The monoisotopic (exact) mass is 750 g/mol. The summed E-state index contributed by atoms with van der Waals surface area (Å²) in [5.74, 6) is -1.23. The number of carbonyl (C=O) groups excluding carboxylic acids is 2. The van der Waals surface area contributed by atoms with Gasteiger partial charge >= 0.3 is 19.8 Å². The Hall–Kier alpha value is -2.85. The van der Waals surface area contributed by atoms with Crippen molar-refractivity contribution >= 4 is 19.8 Å². The Morgan fingerprint density at radius 2 is 1.10 bits per heavy atom. The molecule has 4 N–H and O–H groups in total. The van der Waals surface area contributed by atoms with Gasteiger partial charge in [-0.1, -0.05) is 112 Å². The fourth-order valence-corrected chi connectivity index (χ4v) is 5.00. The van der Waals surface area contributed by atoms with Crippen molar-refractivity contribution in [2.24, 2.45) is 0 Å². The number of phosphoric ester groups is 1. The minimum Gasteiger partial charge on any atom is -0.462 e. The number of hydrogen-bond acceptors (Lipinski definition) is 8. The maximum Gasteiger partial charge on any atom is 0.469 e. The standard InChI is InChI=1S/C41H67O10P/c1-3-5-7-9-11-13-15-17-18-19-21-23-25-27-29-33-40(44)49-35-37(36-50-52(46,47)48)51-41(45)34-30-32-39(43)38(42)31-28-26-24-22-20-16-14-12-10-8-6-4-2/h6,8,11-14,17-18,20-23,26,28,37-39,42-43H,3-5,7,9-10,15-16,19,24-25,27,29-36H2,1-2H3,(H2,46,47,48)/b8-6-,13-11-,14-12-,18-17-,22-20-,23-21-,28-26-/t37-,38-,39-/m1/s1. The Morgan fingerprint density at radius 1 is 0.596 bits per heavy atom. The minimum absolute atomic E-state index is 0.117. The summed E-state index contributed by atoms with van der Waals surface area (Å²) < 4.78 is 26.1. The zero-order chi connectivity index (χ0) is 38.5. The van der Waals surface area contributed by atoms with Crippen molar-refractivity contribution in [3.63, 3.8) is 0 Å². The average Bonchev–Trinajstić information content (AvgIpc) is 3.11. The van der Waals surface area contributed by atoms with E-state index < -0.39 is 51.3 Å². The van der Waals surface area contributed by atoms with Crippen molar-refractivity contribution in [1.82, 2.24) is 0 Å². The Kier molecular flexibility index (Phi) is 33.3. The van der Waals surface area contributed by atoms with Crippen LogP contribution in [0, 0.1) is 0 Å². The second kappa shape index (κ2) is 35.2. The molecule has 0 aliphatic heterocycles. The molecule has 0 fully saturated rings. The molecule has 0 amide bonds. The number of allylic oxidation sites excluding steroid dienone is 13. The first-order valence-electron chi connectivity index (χ1n) is 19.0. The first-order chi connectivity index (χ1) is 25.1. The van der Waals surface area contributed by atoms with Crippen LogP contribution in [0.15, 0.2) is 85.1 Å². The molecule has 10 nitrogen and oxygen atoms in total. The summed E-state index contributed by atoms with van der Waals surface area (Å²) in [5.41, 5.74) is 0. The van der Waals surface area contributed by atoms with Crippen molar-refractivity contribution in [2.75, 3.05) is 13.2 Å². The van der Waals surface area contributed by atoms with Crippen LogP contribution in [-0.2, 0) is 28.2 Å². The number of aliphatic hydroxyl groups is 2. The van der Waals surface area contributed by atoms with Crippen LogP contribution < -0.4 is 0 Å². The lowest BCUT2D eigenvalue weighted by Crippen LogP contribution is -2.30. The first-order valence-corrected chi connectivity index (χ1v) is 20.6. The van der Waals surface area contributed by atoms with Crippen LogP contribution in [0.3, 0.4) is 0 Å². The van der Waals surface area contributed by atoms with E-state index in [1.807, 2.05) is 12.2 Å². The number of ether oxygens (including phenoxy) is 2. The maximum atomic E-state index is 12.4. The fourth-order valence-electron chi connectivity index (χ4n) is 4.64. The van der Waals surface area contributed by atoms with Crippen molar-refractivity contribution in [3.05, 3.63) is 85.1 Å². The predicted molar refractivity (Wildman–Crippen MR) is 209 cm³/mol.